The summed E-state index contributed by atoms with van der Waals surface area (Å²) in [6.45, 7) is 7.95. The van der Waals surface area contributed by atoms with Crippen molar-refractivity contribution < 1.29 is 14.3 Å². The molecule has 2 aliphatic rings. The van der Waals surface area contributed by atoms with E-state index >= 15 is 0 Å². The van der Waals surface area contributed by atoms with Gasteiger partial charge in [-0.05, 0) is 51.1 Å². The highest BCUT2D eigenvalue weighted by Gasteiger charge is 2.31. The molecule has 2 amide bonds. The van der Waals surface area contributed by atoms with Gasteiger partial charge in [-0.2, -0.15) is 0 Å². The number of hydrogen-bond donors (Lipinski definition) is 1. The van der Waals surface area contributed by atoms with E-state index in [9.17, 15) is 9.59 Å². The van der Waals surface area contributed by atoms with Gasteiger partial charge in [0, 0.05) is 38.1 Å². The molecule has 0 saturated carbocycles. The van der Waals surface area contributed by atoms with Gasteiger partial charge in [0.2, 0.25) is 5.95 Å². The summed E-state index contributed by atoms with van der Waals surface area (Å²) in [6, 6.07) is 10.7. The summed E-state index contributed by atoms with van der Waals surface area (Å²) in [7, 11) is 0. The topological polar surface area (TPSA) is 90.9 Å². The summed E-state index contributed by atoms with van der Waals surface area (Å²) in [6.07, 6.45) is 1.19. The zero-order valence-corrected chi connectivity index (χ0v) is 25.2. The van der Waals surface area contributed by atoms with Crippen LogP contribution in [0.15, 0.2) is 47.6 Å². The Morgan fingerprint density at radius 2 is 1.73 bits per heavy atom. The van der Waals surface area contributed by atoms with E-state index in [4.69, 9.17) is 39.5 Å². The largest absolute Gasteiger partial charge is 0.444 e. The summed E-state index contributed by atoms with van der Waals surface area (Å²) in [5.41, 5.74) is 1.90. The molecule has 1 fully saturated rings. The van der Waals surface area contributed by atoms with Crippen LogP contribution in [-0.2, 0) is 4.74 Å². The third kappa shape index (κ3) is 6.20. The van der Waals surface area contributed by atoms with Gasteiger partial charge in [0.25, 0.3) is 5.91 Å². The molecule has 13 heteroatoms. The van der Waals surface area contributed by atoms with E-state index < -0.39 is 5.60 Å². The fraction of sp³-hybridized carbons (Fsp3) is 0.333. The summed E-state index contributed by atoms with van der Waals surface area (Å²) < 4.78 is 5.48. The lowest BCUT2D eigenvalue weighted by atomic mass is 10.2. The maximum Gasteiger partial charge on any atom is 0.410 e. The first-order chi connectivity index (χ1) is 19.0. The van der Waals surface area contributed by atoms with Crippen molar-refractivity contribution in [3.63, 3.8) is 0 Å². The number of hydrogen-bond acceptors (Lipinski definition) is 8. The molecule has 3 heterocycles. The monoisotopic (exact) mass is 620 g/mol. The van der Waals surface area contributed by atoms with Crippen LogP contribution >= 0.6 is 46.6 Å². The molecule has 2 aliphatic heterocycles. The molecule has 210 valence electrons. The molecule has 40 heavy (non-hydrogen) atoms. The SMILES string of the molecule is CC(C)(C)OC(=O)N1CCN(c2ccc(Nc3ncc4c(n3)SCN(c3c(Cl)cccc3Cl)C4=O)cc2Cl)CC1. The van der Waals surface area contributed by atoms with E-state index in [-0.39, 0.29) is 12.0 Å². The third-order valence-electron chi connectivity index (χ3n) is 6.24. The van der Waals surface area contributed by atoms with Gasteiger partial charge in [-0.3, -0.25) is 9.69 Å². The van der Waals surface area contributed by atoms with Crippen molar-refractivity contribution in [2.75, 3.05) is 47.2 Å². The van der Waals surface area contributed by atoms with Crippen LogP contribution in [-0.4, -0.2) is 64.5 Å². The molecular weight excluding hydrogens is 595 g/mol. The van der Waals surface area contributed by atoms with Gasteiger partial charge in [-0.1, -0.05) is 52.6 Å². The Hall–Kier alpha value is -2.92. The molecule has 0 spiro atoms. The van der Waals surface area contributed by atoms with Crippen molar-refractivity contribution in [3.05, 3.63) is 63.2 Å². The number of piperazine rings is 1. The second-order valence-electron chi connectivity index (χ2n) is 10.2. The van der Waals surface area contributed by atoms with Gasteiger partial charge in [-0.25, -0.2) is 14.8 Å². The summed E-state index contributed by atoms with van der Waals surface area (Å²) >= 11 is 20.7. The van der Waals surface area contributed by atoms with E-state index in [0.717, 1.165) is 5.69 Å². The molecule has 1 N–H and O–H groups in total. The Labute approximate surface area is 251 Å². The predicted molar refractivity (Wildman–Crippen MR) is 161 cm³/mol. The number of carbonyl (C=O) groups is 2. The van der Waals surface area contributed by atoms with Crippen LogP contribution in [0.1, 0.15) is 31.1 Å². The number of fused-ring (bicyclic) bond motifs is 1. The molecule has 0 unspecified atom stereocenters. The summed E-state index contributed by atoms with van der Waals surface area (Å²) in [4.78, 5) is 39.8. The van der Waals surface area contributed by atoms with Crippen molar-refractivity contribution in [3.8, 4) is 0 Å². The minimum atomic E-state index is -0.526. The molecule has 1 aromatic heterocycles. The first-order valence-corrected chi connectivity index (χ1v) is 14.7. The number of benzene rings is 2. The van der Waals surface area contributed by atoms with Crippen LogP contribution < -0.4 is 15.1 Å². The lowest BCUT2D eigenvalue weighted by Gasteiger charge is -2.37. The third-order valence-corrected chi connectivity index (χ3v) is 8.13. The highest BCUT2D eigenvalue weighted by molar-refractivity contribution is 7.99. The quantitative estimate of drug-likeness (QED) is 0.313. The Morgan fingerprint density at radius 1 is 1.02 bits per heavy atom. The Bertz CT molecular complexity index is 1440. The van der Waals surface area contributed by atoms with E-state index in [2.05, 4.69) is 20.2 Å². The van der Waals surface area contributed by atoms with Crippen molar-refractivity contribution in [1.82, 2.24) is 14.9 Å². The van der Waals surface area contributed by atoms with Crippen LogP contribution in [0, 0.1) is 0 Å². The molecule has 3 aromatic rings. The Balaban J connectivity index is 1.24. The highest BCUT2D eigenvalue weighted by Crippen LogP contribution is 2.39. The van der Waals surface area contributed by atoms with Gasteiger partial charge in [-0.15, -0.1) is 0 Å². The predicted octanol–water partition coefficient (Wildman–Crippen LogP) is 6.95. The maximum atomic E-state index is 13.2. The van der Waals surface area contributed by atoms with Gasteiger partial charge in [0.05, 0.1) is 37.9 Å². The smallest absolute Gasteiger partial charge is 0.410 e. The number of halogens is 3. The molecular formula is C27H27Cl3N6O3S. The fourth-order valence-electron chi connectivity index (χ4n) is 4.35. The Kier molecular flexibility index (Phi) is 8.24. The van der Waals surface area contributed by atoms with Crippen LogP contribution in [0.2, 0.25) is 15.1 Å². The van der Waals surface area contributed by atoms with Crippen molar-refractivity contribution in [2.24, 2.45) is 0 Å². The van der Waals surface area contributed by atoms with Crippen LogP contribution in [0.3, 0.4) is 0 Å². The standard InChI is InChI=1S/C27H27Cl3N6O3S/c1-27(2,3)39-26(38)35-11-9-34(10-12-35)21-8-7-16(13-20(21)30)32-25-31-14-17-23(33-25)40-15-36(24(17)37)22-18(28)5-4-6-19(22)29/h4-8,13-14H,9-12,15H2,1-3H3,(H,31,32,33). The second kappa shape index (κ2) is 11.5. The second-order valence-corrected chi connectivity index (χ2v) is 12.4. The first-order valence-electron chi connectivity index (χ1n) is 12.6. The van der Waals surface area contributed by atoms with Crippen molar-refractivity contribution in [1.29, 1.82) is 0 Å². The zero-order chi connectivity index (χ0) is 28.6. The van der Waals surface area contributed by atoms with Crippen LogP contribution in [0.25, 0.3) is 0 Å². The first kappa shape index (κ1) is 28.6. The van der Waals surface area contributed by atoms with Gasteiger partial charge in [0.15, 0.2) is 0 Å². The number of para-hydroxylation sites is 1. The molecule has 0 atom stereocenters. The van der Waals surface area contributed by atoms with Gasteiger partial charge >= 0.3 is 6.09 Å². The number of amides is 2. The van der Waals surface area contributed by atoms with E-state index in [1.54, 1.807) is 29.2 Å². The number of nitrogens with zero attached hydrogens (tertiary/aromatic N) is 5. The molecule has 0 radical (unpaired) electrons. The van der Waals surface area contributed by atoms with Crippen LogP contribution in [0.4, 0.5) is 27.8 Å². The summed E-state index contributed by atoms with van der Waals surface area (Å²) in [5, 5.41) is 5.09. The van der Waals surface area contributed by atoms with E-state index in [1.165, 1.54) is 22.9 Å². The van der Waals surface area contributed by atoms with Crippen LogP contribution in [0.5, 0.6) is 0 Å². The zero-order valence-electron chi connectivity index (χ0n) is 22.1. The Morgan fingerprint density at radius 3 is 2.38 bits per heavy atom. The lowest BCUT2D eigenvalue weighted by Crippen LogP contribution is -2.50. The number of ether oxygens (including phenoxy) is 1. The molecule has 1 saturated heterocycles. The minimum absolute atomic E-state index is 0.269. The number of anilines is 4. The van der Waals surface area contributed by atoms with E-state index in [0.29, 0.717) is 75.0 Å². The number of aromatic nitrogens is 2. The fourth-order valence-corrected chi connectivity index (χ4v) is 6.20. The van der Waals surface area contributed by atoms with Gasteiger partial charge in [0.1, 0.15) is 10.6 Å². The molecule has 0 aliphatic carbocycles. The molecule has 0 bridgehead atoms. The highest BCUT2D eigenvalue weighted by atomic mass is 35.5. The lowest BCUT2D eigenvalue weighted by molar-refractivity contribution is 0.0240. The number of rotatable bonds is 4. The number of thioether (sulfide) groups is 1. The number of carbonyl (C=O) groups excluding carboxylic acids is 2. The number of nitrogens with one attached hydrogen (secondary N) is 1. The normalized spacial score (nSPS) is 15.7. The maximum absolute atomic E-state index is 13.2. The van der Waals surface area contributed by atoms with E-state index in [1.807, 2.05) is 32.9 Å². The molecule has 9 nitrogen and oxygen atoms in total. The minimum Gasteiger partial charge on any atom is -0.444 e. The van der Waals surface area contributed by atoms with Gasteiger partial charge < -0.3 is 19.9 Å². The van der Waals surface area contributed by atoms with Crippen molar-refractivity contribution in [2.45, 2.75) is 31.4 Å². The average Bonchev–Trinajstić information content (AvgIpc) is 2.89. The molecule has 2 aromatic carbocycles. The summed E-state index contributed by atoms with van der Waals surface area (Å²) in [5.74, 6) is 0.389. The molecule has 5 rings (SSSR count). The average molecular weight is 622 g/mol. The van der Waals surface area contributed by atoms with Crippen molar-refractivity contribution >= 4 is 81.6 Å².